The molecule has 0 aliphatic carbocycles. The quantitative estimate of drug-likeness (QED) is 0.671. The highest BCUT2D eigenvalue weighted by Gasteiger charge is 2.21. The number of benzene rings is 1. The Labute approximate surface area is 141 Å². The maximum atomic E-state index is 12.1. The lowest BCUT2D eigenvalue weighted by atomic mass is 10.0. The van der Waals surface area contributed by atoms with Crippen molar-refractivity contribution in [2.75, 3.05) is 26.6 Å². The van der Waals surface area contributed by atoms with Crippen LogP contribution in [0.4, 0.5) is 10.5 Å². The van der Waals surface area contributed by atoms with Crippen molar-refractivity contribution in [1.29, 1.82) is 0 Å². The van der Waals surface area contributed by atoms with Gasteiger partial charge in [0.1, 0.15) is 6.04 Å². The van der Waals surface area contributed by atoms with Crippen molar-refractivity contribution in [2.24, 2.45) is 5.92 Å². The molecule has 8 nitrogen and oxygen atoms in total. The summed E-state index contributed by atoms with van der Waals surface area (Å²) in [4.78, 5) is 23.3. The Morgan fingerprint density at radius 1 is 1.08 bits per heavy atom. The second kappa shape index (κ2) is 8.85. The van der Waals surface area contributed by atoms with Gasteiger partial charge in [0, 0.05) is 12.1 Å². The molecule has 1 rings (SSSR count). The van der Waals surface area contributed by atoms with Gasteiger partial charge in [-0.3, -0.25) is 0 Å². The van der Waals surface area contributed by atoms with Crippen LogP contribution in [0.25, 0.3) is 0 Å². The monoisotopic (exact) mass is 340 g/mol. The van der Waals surface area contributed by atoms with Crippen molar-refractivity contribution in [3.63, 3.8) is 0 Å². The van der Waals surface area contributed by atoms with Crippen molar-refractivity contribution >= 4 is 17.7 Å². The van der Waals surface area contributed by atoms with Crippen LogP contribution in [0.3, 0.4) is 0 Å². The molecule has 0 radical (unpaired) electrons. The standard InChI is InChI=1S/C16H24N2O6/c1-9(2)6-11(15(19)20)18-16(21)17-10-7-12(22-3)14(24-5)13(8-10)23-4/h7-9,11H,6H2,1-5H3,(H,19,20)(H2,17,18,21). The van der Waals surface area contributed by atoms with Crippen LogP contribution in [0.1, 0.15) is 20.3 Å². The summed E-state index contributed by atoms with van der Waals surface area (Å²) in [6.45, 7) is 3.77. The number of hydrogen-bond acceptors (Lipinski definition) is 5. The van der Waals surface area contributed by atoms with Gasteiger partial charge in [-0.15, -0.1) is 0 Å². The second-order valence-corrected chi connectivity index (χ2v) is 5.53. The lowest BCUT2D eigenvalue weighted by Gasteiger charge is -2.18. The van der Waals surface area contributed by atoms with Crippen LogP contribution in [-0.4, -0.2) is 44.5 Å². The maximum absolute atomic E-state index is 12.1. The zero-order valence-electron chi connectivity index (χ0n) is 14.5. The first-order valence-corrected chi connectivity index (χ1v) is 7.42. The summed E-state index contributed by atoms with van der Waals surface area (Å²) in [7, 11) is 4.40. The van der Waals surface area contributed by atoms with E-state index in [2.05, 4.69) is 10.6 Å². The molecule has 3 N–H and O–H groups in total. The highest BCUT2D eigenvalue weighted by atomic mass is 16.5. The number of amides is 2. The number of methoxy groups -OCH3 is 3. The fourth-order valence-corrected chi connectivity index (χ4v) is 2.17. The molecule has 0 spiro atoms. The molecule has 0 bridgehead atoms. The third-order valence-corrected chi connectivity index (χ3v) is 3.23. The van der Waals surface area contributed by atoms with Gasteiger partial charge in [0.25, 0.3) is 0 Å². The Hall–Kier alpha value is -2.64. The van der Waals surface area contributed by atoms with Crippen molar-refractivity contribution in [2.45, 2.75) is 26.3 Å². The number of nitrogens with one attached hydrogen (secondary N) is 2. The van der Waals surface area contributed by atoms with E-state index in [4.69, 9.17) is 14.2 Å². The zero-order chi connectivity index (χ0) is 18.3. The van der Waals surface area contributed by atoms with Crippen LogP contribution >= 0.6 is 0 Å². The molecule has 2 amide bonds. The first-order valence-electron chi connectivity index (χ1n) is 7.42. The van der Waals surface area contributed by atoms with Crippen LogP contribution in [0.2, 0.25) is 0 Å². The number of rotatable bonds is 8. The smallest absolute Gasteiger partial charge is 0.326 e. The van der Waals surface area contributed by atoms with E-state index in [1.54, 1.807) is 12.1 Å². The molecule has 0 heterocycles. The molecular formula is C16H24N2O6. The number of carbonyl (C=O) groups is 2. The minimum Gasteiger partial charge on any atom is -0.493 e. The Kier molecular flexibility index (Phi) is 7.16. The summed E-state index contributed by atoms with van der Waals surface area (Å²) >= 11 is 0. The van der Waals surface area contributed by atoms with Crippen LogP contribution in [0.5, 0.6) is 17.2 Å². The molecule has 1 unspecified atom stereocenters. The summed E-state index contributed by atoms with van der Waals surface area (Å²) in [5, 5.41) is 14.2. The molecule has 0 fully saturated rings. The van der Waals surface area contributed by atoms with Crippen LogP contribution < -0.4 is 24.8 Å². The number of carboxylic acid groups (broad SMARTS) is 1. The number of anilines is 1. The highest BCUT2D eigenvalue weighted by molar-refractivity contribution is 5.92. The number of ether oxygens (including phenoxy) is 3. The molecule has 134 valence electrons. The van der Waals surface area contributed by atoms with Gasteiger partial charge in [-0.25, -0.2) is 9.59 Å². The predicted octanol–water partition coefficient (Wildman–Crippen LogP) is 2.33. The maximum Gasteiger partial charge on any atom is 0.326 e. The van der Waals surface area contributed by atoms with Crippen molar-refractivity contribution in [1.82, 2.24) is 5.32 Å². The molecule has 0 aliphatic rings. The summed E-state index contributed by atoms with van der Waals surface area (Å²) in [6, 6.07) is 1.52. The summed E-state index contributed by atoms with van der Waals surface area (Å²) in [6.07, 6.45) is 0.331. The molecule has 1 atom stereocenters. The van der Waals surface area contributed by atoms with E-state index in [-0.39, 0.29) is 5.92 Å². The molecule has 0 saturated carbocycles. The number of aliphatic carboxylic acids is 1. The largest absolute Gasteiger partial charge is 0.493 e. The first kappa shape index (κ1) is 19.4. The van der Waals surface area contributed by atoms with Gasteiger partial charge in [0.2, 0.25) is 5.75 Å². The first-order chi connectivity index (χ1) is 11.3. The van der Waals surface area contributed by atoms with Crippen molar-refractivity contribution in [3.05, 3.63) is 12.1 Å². The highest BCUT2D eigenvalue weighted by Crippen LogP contribution is 2.39. The van der Waals surface area contributed by atoms with E-state index in [0.29, 0.717) is 29.4 Å². The van der Waals surface area contributed by atoms with E-state index >= 15 is 0 Å². The molecule has 8 heteroatoms. The molecule has 0 aromatic heterocycles. The normalized spacial score (nSPS) is 11.6. The van der Waals surface area contributed by atoms with E-state index in [9.17, 15) is 14.7 Å². The van der Waals surface area contributed by atoms with Crippen molar-refractivity contribution < 1.29 is 28.9 Å². The lowest BCUT2D eigenvalue weighted by Crippen LogP contribution is -2.43. The number of carbonyl (C=O) groups excluding carboxylic acids is 1. The van der Waals surface area contributed by atoms with Gasteiger partial charge >= 0.3 is 12.0 Å². The fraction of sp³-hybridized carbons (Fsp3) is 0.500. The van der Waals surface area contributed by atoms with E-state index in [1.807, 2.05) is 13.8 Å². The van der Waals surface area contributed by atoms with Crippen LogP contribution in [0.15, 0.2) is 12.1 Å². The molecule has 24 heavy (non-hydrogen) atoms. The van der Waals surface area contributed by atoms with E-state index < -0.39 is 18.0 Å². The third kappa shape index (κ3) is 5.22. The van der Waals surface area contributed by atoms with Crippen LogP contribution in [0, 0.1) is 5.92 Å². The lowest BCUT2D eigenvalue weighted by molar-refractivity contribution is -0.139. The summed E-state index contributed by atoms with van der Waals surface area (Å²) in [5.41, 5.74) is 0.385. The topological polar surface area (TPSA) is 106 Å². The van der Waals surface area contributed by atoms with Crippen LogP contribution in [-0.2, 0) is 4.79 Å². The van der Waals surface area contributed by atoms with Gasteiger partial charge in [-0.2, -0.15) is 0 Å². The number of hydrogen-bond donors (Lipinski definition) is 3. The number of urea groups is 1. The summed E-state index contributed by atoms with van der Waals surface area (Å²) in [5.74, 6) is 0.207. The summed E-state index contributed by atoms with van der Waals surface area (Å²) < 4.78 is 15.6. The average molecular weight is 340 g/mol. The second-order valence-electron chi connectivity index (χ2n) is 5.53. The van der Waals surface area contributed by atoms with Gasteiger partial charge in [-0.1, -0.05) is 13.8 Å². The molecule has 1 aromatic carbocycles. The Morgan fingerprint density at radius 2 is 1.62 bits per heavy atom. The fourth-order valence-electron chi connectivity index (χ4n) is 2.17. The Bertz CT molecular complexity index is 563. The predicted molar refractivity (Wildman–Crippen MR) is 89.1 cm³/mol. The Balaban J connectivity index is 2.91. The van der Waals surface area contributed by atoms with Gasteiger partial charge < -0.3 is 30.0 Å². The SMILES string of the molecule is COc1cc(NC(=O)NC(CC(C)C)C(=O)O)cc(OC)c1OC. The average Bonchev–Trinajstić information content (AvgIpc) is 2.52. The Morgan fingerprint density at radius 3 is 2.00 bits per heavy atom. The minimum atomic E-state index is -1.08. The van der Waals surface area contributed by atoms with Gasteiger partial charge in [0.15, 0.2) is 11.5 Å². The molecule has 0 saturated heterocycles. The minimum absolute atomic E-state index is 0.132. The van der Waals surface area contributed by atoms with Crippen molar-refractivity contribution in [3.8, 4) is 17.2 Å². The van der Waals surface area contributed by atoms with E-state index in [0.717, 1.165) is 0 Å². The third-order valence-electron chi connectivity index (χ3n) is 3.23. The van der Waals surface area contributed by atoms with E-state index in [1.165, 1.54) is 21.3 Å². The van der Waals surface area contributed by atoms with Gasteiger partial charge in [0.05, 0.1) is 27.0 Å². The molecule has 1 aromatic rings. The molecule has 0 aliphatic heterocycles. The number of carboxylic acids is 1. The van der Waals surface area contributed by atoms with Gasteiger partial charge in [-0.05, 0) is 12.3 Å². The zero-order valence-corrected chi connectivity index (χ0v) is 14.5. The molecular weight excluding hydrogens is 316 g/mol.